The Morgan fingerprint density at radius 3 is 3.04 bits per heavy atom. The van der Waals surface area contributed by atoms with Crippen LogP contribution in [0.3, 0.4) is 0 Å². The molecule has 3 rings (SSSR count). The summed E-state index contributed by atoms with van der Waals surface area (Å²) in [5.74, 6) is 0.832. The molecule has 2 aromatic rings. The highest BCUT2D eigenvalue weighted by Crippen LogP contribution is 2.37. The number of aromatic nitrogens is 2. The normalized spacial score (nSPS) is 17.2. The first kappa shape index (κ1) is 19.9. The Morgan fingerprint density at radius 2 is 2.26 bits per heavy atom. The van der Waals surface area contributed by atoms with Crippen molar-refractivity contribution in [1.82, 2.24) is 20.8 Å². The Morgan fingerprint density at radius 1 is 1.44 bits per heavy atom. The molecule has 0 saturated heterocycles. The third-order valence-corrected chi connectivity index (χ3v) is 6.56. The van der Waals surface area contributed by atoms with E-state index in [0.717, 1.165) is 35.9 Å². The molecule has 27 heavy (non-hydrogen) atoms. The molecule has 7 nitrogen and oxygen atoms in total. The maximum Gasteiger partial charge on any atom is 0.321 e. The van der Waals surface area contributed by atoms with Gasteiger partial charge in [0.1, 0.15) is 0 Å². The van der Waals surface area contributed by atoms with E-state index in [1.807, 2.05) is 13.8 Å². The zero-order chi connectivity index (χ0) is 19.4. The molecular formula is C18H24N4O3S2. The van der Waals surface area contributed by atoms with Gasteiger partial charge in [0, 0.05) is 10.9 Å². The molecule has 0 aliphatic heterocycles. The van der Waals surface area contributed by atoms with Gasteiger partial charge in [-0.15, -0.1) is 21.5 Å². The summed E-state index contributed by atoms with van der Waals surface area (Å²) in [6, 6.07) is 1.67. The number of fused-ring (bicyclic) bond motifs is 1. The van der Waals surface area contributed by atoms with E-state index >= 15 is 0 Å². The van der Waals surface area contributed by atoms with Crippen LogP contribution in [0.1, 0.15) is 44.1 Å². The monoisotopic (exact) mass is 408 g/mol. The fraction of sp³-hybridized carbons (Fsp3) is 0.556. The molecule has 0 unspecified atom stereocenters. The molecule has 0 spiro atoms. The molecule has 1 aliphatic carbocycles. The maximum absolute atomic E-state index is 11.9. The maximum atomic E-state index is 11.9. The van der Waals surface area contributed by atoms with Gasteiger partial charge in [-0.25, -0.2) is 4.79 Å². The van der Waals surface area contributed by atoms with Crippen LogP contribution in [0.25, 0.3) is 10.8 Å². The number of aryl methyl sites for hydroxylation is 1. The van der Waals surface area contributed by atoms with Gasteiger partial charge in [-0.05, 0) is 50.2 Å². The fourth-order valence-corrected chi connectivity index (χ4v) is 4.52. The number of nitrogens with zero attached hydrogens (tertiary/aromatic N) is 2. The summed E-state index contributed by atoms with van der Waals surface area (Å²) in [7, 11) is 0. The number of hydrogen-bond acceptors (Lipinski definition) is 7. The summed E-state index contributed by atoms with van der Waals surface area (Å²) < 4.78 is 5.68. The molecule has 0 bridgehead atoms. The van der Waals surface area contributed by atoms with Crippen molar-refractivity contribution in [3.63, 3.8) is 0 Å². The molecule has 0 radical (unpaired) electrons. The molecule has 2 atom stereocenters. The summed E-state index contributed by atoms with van der Waals surface area (Å²) >= 11 is 2.82. The molecule has 2 heterocycles. The molecule has 0 fully saturated rings. The van der Waals surface area contributed by atoms with Crippen molar-refractivity contribution in [3.8, 4) is 10.8 Å². The van der Waals surface area contributed by atoms with E-state index in [9.17, 15) is 9.59 Å². The summed E-state index contributed by atoms with van der Waals surface area (Å²) in [6.07, 6.45) is 4.22. The lowest BCUT2D eigenvalue weighted by molar-refractivity contribution is -0.117. The number of imide groups is 1. The van der Waals surface area contributed by atoms with Crippen molar-refractivity contribution in [3.05, 3.63) is 16.5 Å². The first-order chi connectivity index (χ1) is 12.9. The molecule has 0 aromatic carbocycles. The van der Waals surface area contributed by atoms with E-state index in [1.54, 1.807) is 11.3 Å². The predicted molar refractivity (Wildman–Crippen MR) is 106 cm³/mol. The highest BCUT2D eigenvalue weighted by atomic mass is 32.2. The summed E-state index contributed by atoms with van der Waals surface area (Å²) in [6.45, 7) is 6.11. The molecule has 3 amide bonds. The minimum Gasteiger partial charge on any atom is -0.410 e. The first-order valence-corrected chi connectivity index (χ1v) is 10.9. The Hall–Kier alpha value is -1.87. The Bertz CT molecular complexity index is 817. The number of urea groups is 1. The molecule has 0 saturated carbocycles. The number of carbonyl (C=O) groups excluding carboxylic acids is 2. The lowest BCUT2D eigenvalue weighted by Crippen LogP contribution is -2.43. The van der Waals surface area contributed by atoms with Crippen molar-refractivity contribution in [2.75, 3.05) is 5.75 Å². The second kappa shape index (κ2) is 8.88. The Kier molecular flexibility index (Phi) is 6.54. The van der Waals surface area contributed by atoms with E-state index in [4.69, 9.17) is 4.42 Å². The van der Waals surface area contributed by atoms with Gasteiger partial charge in [0.05, 0.1) is 10.6 Å². The molecule has 2 aromatic heterocycles. The van der Waals surface area contributed by atoms with Gasteiger partial charge >= 0.3 is 6.03 Å². The summed E-state index contributed by atoms with van der Waals surface area (Å²) in [4.78, 5) is 25.9. The number of carbonyl (C=O) groups is 2. The van der Waals surface area contributed by atoms with Gasteiger partial charge in [-0.2, -0.15) is 0 Å². The molecule has 2 N–H and O–H groups in total. The van der Waals surface area contributed by atoms with Crippen LogP contribution >= 0.6 is 23.1 Å². The number of rotatable bonds is 6. The average molecular weight is 409 g/mol. The Labute approximate surface area is 166 Å². The van der Waals surface area contributed by atoms with Crippen LogP contribution < -0.4 is 10.6 Å². The van der Waals surface area contributed by atoms with E-state index in [-0.39, 0.29) is 11.8 Å². The van der Waals surface area contributed by atoms with E-state index in [2.05, 4.69) is 33.8 Å². The largest absolute Gasteiger partial charge is 0.410 e. The topological polar surface area (TPSA) is 97.1 Å². The van der Waals surface area contributed by atoms with Crippen LogP contribution in [0.2, 0.25) is 0 Å². The predicted octanol–water partition coefficient (Wildman–Crippen LogP) is 3.64. The lowest BCUT2D eigenvalue weighted by atomic mass is 9.90. The second-order valence-electron chi connectivity index (χ2n) is 6.90. The molecule has 9 heteroatoms. The van der Waals surface area contributed by atoms with Crippen LogP contribution in [0, 0.1) is 5.92 Å². The molecule has 1 aliphatic rings. The van der Waals surface area contributed by atoms with Crippen LogP contribution in [-0.4, -0.2) is 33.9 Å². The van der Waals surface area contributed by atoms with Gasteiger partial charge in [-0.3, -0.25) is 10.1 Å². The highest BCUT2D eigenvalue weighted by molar-refractivity contribution is 7.99. The number of thiophene rings is 1. The number of thioether (sulfide) groups is 1. The van der Waals surface area contributed by atoms with E-state index < -0.39 is 11.9 Å². The third-order valence-electron chi connectivity index (χ3n) is 4.52. The number of amides is 3. The van der Waals surface area contributed by atoms with Gasteiger partial charge in [-0.1, -0.05) is 25.6 Å². The van der Waals surface area contributed by atoms with Gasteiger partial charge in [0.2, 0.25) is 5.91 Å². The van der Waals surface area contributed by atoms with Crippen LogP contribution in [0.5, 0.6) is 0 Å². The smallest absolute Gasteiger partial charge is 0.321 e. The zero-order valence-electron chi connectivity index (χ0n) is 15.7. The SMILES string of the molecule is CC[C@H](C)NC(=O)NC(=O)CSc1nnc(-c2cc3c(s2)CC[C@@H](C)C3)o1. The summed E-state index contributed by atoms with van der Waals surface area (Å²) in [5, 5.41) is 13.4. The van der Waals surface area contributed by atoms with Gasteiger partial charge in [0.25, 0.3) is 11.1 Å². The van der Waals surface area contributed by atoms with Crippen molar-refractivity contribution in [2.45, 2.75) is 57.7 Å². The highest BCUT2D eigenvalue weighted by Gasteiger charge is 2.21. The van der Waals surface area contributed by atoms with Crippen molar-refractivity contribution in [1.29, 1.82) is 0 Å². The third kappa shape index (κ3) is 5.32. The van der Waals surface area contributed by atoms with Crippen molar-refractivity contribution >= 4 is 35.0 Å². The average Bonchev–Trinajstić information content (AvgIpc) is 3.25. The lowest BCUT2D eigenvalue weighted by Gasteiger charge is -2.16. The molecule has 146 valence electrons. The van der Waals surface area contributed by atoms with Crippen molar-refractivity contribution in [2.24, 2.45) is 5.92 Å². The quantitative estimate of drug-likeness (QED) is 0.708. The van der Waals surface area contributed by atoms with Gasteiger partial charge < -0.3 is 9.73 Å². The minimum absolute atomic E-state index is 0.0172. The van der Waals surface area contributed by atoms with E-state index in [1.165, 1.54) is 16.9 Å². The first-order valence-electron chi connectivity index (χ1n) is 9.13. The minimum atomic E-state index is -0.487. The number of nitrogens with one attached hydrogen (secondary N) is 2. The van der Waals surface area contributed by atoms with Crippen LogP contribution in [0.4, 0.5) is 4.79 Å². The molecular weight excluding hydrogens is 384 g/mol. The Balaban J connectivity index is 1.53. The fourth-order valence-electron chi connectivity index (χ4n) is 2.83. The second-order valence-corrected chi connectivity index (χ2v) is 8.96. The number of hydrogen-bond donors (Lipinski definition) is 2. The van der Waals surface area contributed by atoms with Gasteiger partial charge in [0.15, 0.2) is 0 Å². The van der Waals surface area contributed by atoms with Crippen LogP contribution in [0.15, 0.2) is 15.7 Å². The zero-order valence-corrected chi connectivity index (χ0v) is 17.3. The van der Waals surface area contributed by atoms with E-state index in [0.29, 0.717) is 17.0 Å². The standard InChI is InChI=1S/C18H24N4O3S2/c1-4-11(3)19-17(24)20-15(23)9-26-18-22-21-16(25-18)14-8-12-7-10(2)5-6-13(12)27-14/h8,10-11H,4-7,9H2,1-3H3,(H2,19,20,23,24)/t10-,11+/m1/s1. The van der Waals surface area contributed by atoms with Crippen LogP contribution in [-0.2, 0) is 17.6 Å². The van der Waals surface area contributed by atoms with Crippen molar-refractivity contribution < 1.29 is 14.0 Å². The summed E-state index contributed by atoms with van der Waals surface area (Å²) in [5.41, 5.74) is 1.38.